The number of urea groups is 1. The molecule has 5 aromatic rings. The van der Waals surface area contributed by atoms with Crippen LogP contribution in [0.15, 0.2) is 127 Å². The molecule has 1 saturated heterocycles. The molecule has 0 bridgehead atoms. The van der Waals surface area contributed by atoms with Gasteiger partial charge >= 0.3 is 23.9 Å². The van der Waals surface area contributed by atoms with Crippen LogP contribution in [0.25, 0.3) is 11.1 Å². The zero-order valence-corrected chi connectivity index (χ0v) is 85.2. The third-order valence-corrected chi connectivity index (χ3v) is 25.9. The minimum atomic E-state index is -2.23. The van der Waals surface area contributed by atoms with Gasteiger partial charge in [-0.15, -0.1) is 11.8 Å². The van der Waals surface area contributed by atoms with Crippen molar-refractivity contribution in [1.82, 2.24) is 84.7 Å². The van der Waals surface area contributed by atoms with Crippen molar-refractivity contribution in [2.75, 3.05) is 51.3 Å². The van der Waals surface area contributed by atoms with E-state index in [0.29, 0.717) is 46.9 Å². The number of benzene rings is 5. The van der Waals surface area contributed by atoms with E-state index in [-0.39, 0.29) is 92.4 Å². The van der Waals surface area contributed by atoms with E-state index in [1.165, 1.54) is 62.5 Å². The Morgan fingerprint density at radius 2 is 0.960 bits per heavy atom. The molecule has 19 amide bonds. The smallest absolute Gasteiger partial charge is 0.341 e. The fourth-order valence-corrected chi connectivity index (χ4v) is 17.5. The minimum absolute atomic E-state index is 0.000217. The number of nitrogens with two attached hydrogens (primary N) is 6. The van der Waals surface area contributed by atoms with Gasteiger partial charge in [0.15, 0.2) is 6.61 Å². The molecule has 1 aliphatic carbocycles. The molecular weight excluding hydrogens is 1950 g/mol. The van der Waals surface area contributed by atoms with Crippen molar-refractivity contribution < 1.29 is 121 Å². The van der Waals surface area contributed by atoms with Crippen LogP contribution in [0.5, 0.6) is 5.75 Å². The number of aromatic carboxylic acids is 1. The van der Waals surface area contributed by atoms with Gasteiger partial charge in [-0.05, 0) is 154 Å². The number of aliphatic carboxylic acids is 2. The van der Waals surface area contributed by atoms with Crippen molar-refractivity contribution in [3.63, 3.8) is 0 Å². The number of carbonyl (C=O) groups is 21. The second-order valence-corrected chi connectivity index (χ2v) is 38.7. The lowest BCUT2D eigenvalue weighted by molar-refractivity contribution is -0.143. The number of carbonyl (C=O) groups excluding carboxylic acids is 18. The van der Waals surface area contributed by atoms with Crippen LogP contribution in [0.2, 0.25) is 0 Å². The molecule has 2 aliphatic rings. The summed E-state index contributed by atoms with van der Waals surface area (Å²) in [6.07, 6.45) is -1.42. The van der Waals surface area contributed by atoms with Crippen LogP contribution in [0.3, 0.4) is 0 Å². The van der Waals surface area contributed by atoms with Crippen LogP contribution >= 0.6 is 11.8 Å². The monoisotopic (exact) mass is 2090 g/mol. The molecule has 0 radical (unpaired) electrons. The van der Waals surface area contributed by atoms with E-state index < -0.39 is 291 Å². The first-order valence-corrected chi connectivity index (χ1v) is 50.4. The standard InChI is InChI=1S/C101H140N22O25S/c1-54(2)42-71-89(134)111-69(38-41-104)88(133)115-75(44-58-17-10-8-11-18-58)95(140)122-84(55(3)4)98(143)112-68(22-15-39-102)87(132)121-79(97(142)110-67(37-40-103)85(106)130)52-149-53-81(125)109-78(50-108-101(107)147)96(141)119-74(47-61-27-33-66(34-28-61)148-51-83(128)129)92(137)120-77(49-82(126)127)94(139)118-76(48-62-19-14-16-56(5)43-62)93(138)117-73(46-60-25-31-65(32-26-60)100(145)146)91(136)116-72(45-59-23-29-64(30-24-59)63-20-12-9-13-21-63)90(135)113-70(35-36-80(105)124)99(144)123(7)57(6)86(131)114-71/h9,12-14,16,19-21,23-34,43,54-55,57-58,67-79,84H,8,10-11,15,17-18,22,35-42,44-53,102-104H2,1-7H3,(H2,105,124)(H2,106,130)(H,109,125)(H,110,142)(H,111,134)(H,112,143)(H,113,135)(H,114,131)(H,115,133)(H,116,136)(H,117,138)(H,118,139)(H,119,141)(H,120,137)(H,121,132)(H,122,140)(H,126,127)(H,128,129)(H,145,146)(H3,107,108,147)/t57-,67-,68-,69-,70-,71+,72-,73-,74-,75-,76-,77-,78-,79-,84-/m0/s1. The number of nitrogens with zero attached hydrogens (tertiary/aromatic N) is 1. The number of likely N-dealkylation sites (N-methyl/N-ethyl adjacent to an activating group) is 1. The molecule has 5 aromatic carbocycles. The number of primary amides is 3. The highest BCUT2D eigenvalue weighted by molar-refractivity contribution is 8.00. The third kappa shape index (κ3) is 40.9. The summed E-state index contributed by atoms with van der Waals surface area (Å²) in [4.78, 5) is 302. The van der Waals surface area contributed by atoms with Gasteiger partial charge in [0.05, 0.1) is 17.7 Å². The van der Waals surface area contributed by atoms with E-state index in [9.17, 15) is 82.4 Å². The Labute approximate surface area is 866 Å². The van der Waals surface area contributed by atoms with Crippen LogP contribution < -0.4 is 119 Å². The molecule has 0 unspecified atom stereocenters. The van der Waals surface area contributed by atoms with Crippen molar-refractivity contribution in [3.05, 3.63) is 161 Å². The summed E-state index contributed by atoms with van der Waals surface area (Å²) in [5.74, 6) is -25.4. The van der Waals surface area contributed by atoms with E-state index in [1.54, 1.807) is 95.3 Å². The summed E-state index contributed by atoms with van der Waals surface area (Å²) >= 11 is 0.633. The first-order chi connectivity index (χ1) is 70.7. The number of hydrogen-bond donors (Lipinski definition) is 24. The summed E-state index contributed by atoms with van der Waals surface area (Å²) < 4.78 is 5.30. The summed E-state index contributed by atoms with van der Waals surface area (Å²) in [6, 6.07) is 5.63. The number of carboxylic acid groups (broad SMARTS) is 3. The van der Waals surface area contributed by atoms with Gasteiger partial charge in [0.25, 0.3) is 0 Å². The molecule has 2 fully saturated rings. The van der Waals surface area contributed by atoms with Crippen molar-refractivity contribution in [2.24, 2.45) is 52.2 Å². The molecule has 149 heavy (non-hydrogen) atoms. The van der Waals surface area contributed by atoms with Gasteiger partial charge < -0.3 is 139 Å². The van der Waals surface area contributed by atoms with Gasteiger partial charge in [-0.3, -0.25) is 86.3 Å². The molecule has 30 N–H and O–H groups in total. The SMILES string of the molecule is Cc1cccc(C[C@@H]2NC(=O)[C@H](CC(=O)O)NC(=O)[C@H](Cc3ccc(OCC(=O)O)cc3)NC(=O)[C@H](CNC(N)=O)NC(=O)CSC[C@@H](C(=O)N[C@@H](CCN)C(N)=O)NC(=O)[C@H](CCCN)NC(=O)[C@H](C(C)C)NC(=O)[C@H](CC3CCCCC3)NC(=O)[C@H](CCN)NC(=O)[C@@H](CC(C)C)NC(=O)[C@H](C)N(C)C(=O)[C@H](CCC(N)=O)NC(=O)[C@H](Cc3ccc(-c4ccccc4)cc3)NC(=O)[C@H](Cc3ccc(C(=O)O)cc3)NC2=O)c1. The molecular formula is C101H140N22O25S. The topological polar surface area (TPSA) is 768 Å². The first-order valence-electron chi connectivity index (χ1n) is 49.2. The minimum Gasteiger partial charge on any atom is -0.482 e. The number of ether oxygens (including phenoxy) is 1. The molecule has 48 heteroatoms. The number of carboxylic acids is 3. The summed E-state index contributed by atoms with van der Waals surface area (Å²) in [7, 11) is 1.18. The fraction of sp³-hybridized carbons (Fsp3) is 0.495. The molecule has 7 rings (SSSR count). The van der Waals surface area contributed by atoms with Crippen LogP contribution in [0, 0.1) is 24.7 Å². The summed E-state index contributed by atoms with van der Waals surface area (Å²) in [5.41, 5.74) is 37.7. The normalized spacial score (nSPS) is 22.8. The Morgan fingerprint density at radius 3 is 1.48 bits per heavy atom. The van der Waals surface area contributed by atoms with Gasteiger partial charge in [-0.1, -0.05) is 168 Å². The lowest BCUT2D eigenvalue weighted by Crippen LogP contribution is -2.62. The largest absolute Gasteiger partial charge is 0.482 e. The predicted octanol–water partition coefficient (Wildman–Crippen LogP) is -2.52. The van der Waals surface area contributed by atoms with Crippen LogP contribution in [-0.4, -0.2) is 287 Å². The zero-order valence-electron chi connectivity index (χ0n) is 84.3. The molecule has 0 aromatic heterocycles. The van der Waals surface area contributed by atoms with Gasteiger partial charge in [0.1, 0.15) is 96.4 Å². The third-order valence-electron chi connectivity index (χ3n) is 24.9. The van der Waals surface area contributed by atoms with Crippen molar-refractivity contribution >= 4 is 136 Å². The predicted molar refractivity (Wildman–Crippen MR) is 546 cm³/mol. The van der Waals surface area contributed by atoms with Gasteiger partial charge in [-0.25, -0.2) is 14.4 Å². The second-order valence-electron chi connectivity index (χ2n) is 37.6. The van der Waals surface area contributed by atoms with E-state index in [4.69, 9.17) is 39.1 Å². The van der Waals surface area contributed by atoms with Crippen LogP contribution in [0.4, 0.5) is 4.79 Å². The van der Waals surface area contributed by atoms with Crippen LogP contribution in [0.1, 0.15) is 163 Å². The first kappa shape index (κ1) is 121. The maximum atomic E-state index is 15.7. The molecule has 15 atom stereocenters. The lowest BCUT2D eigenvalue weighted by Gasteiger charge is -2.32. The van der Waals surface area contributed by atoms with Crippen molar-refractivity contribution in [3.8, 4) is 16.9 Å². The van der Waals surface area contributed by atoms with E-state index in [2.05, 4.69) is 79.8 Å². The quantitative estimate of drug-likeness (QED) is 0.0199. The lowest BCUT2D eigenvalue weighted by atomic mass is 9.84. The maximum Gasteiger partial charge on any atom is 0.341 e. The Bertz CT molecular complexity index is 5490. The van der Waals surface area contributed by atoms with E-state index >= 15 is 33.6 Å². The average molecular weight is 2090 g/mol. The van der Waals surface area contributed by atoms with E-state index in [1.807, 2.05) is 18.2 Å². The summed E-state index contributed by atoms with van der Waals surface area (Å²) in [6.45, 7) is 7.46. The maximum absolute atomic E-state index is 15.7. The highest BCUT2D eigenvalue weighted by atomic mass is 32.2. The number of hydrogen-bond acceptors (Lipinski definition) is 26. The average Bonchev–Trinajstić information content (AvgIpc) is 0.839. The van der Waals surface area contributed by atoms with Crippen molar-refractivity contribution in [1.29, 1.82) is 0 Å². The second kappa shape index (κ2) is 60.8. The van der Waals surface area contributed by atoms with Gasteiger partial charge in [0, 0.05) is 51.4 Å². The molecule has 810 valence electrons. The Balaban J connectivity index is 1.39. The number of nitrogens with one attached hydrogen (secondary N) is 15. The highest BCUT2D eigenvalue weighted by Gasteiger charge is 2.42. The number of amides is 19. The van der Waals surface area contributed by atoms with Gasteiger partial charge in [-0.2, -0.15) is 0 Å². The Hall–Kier alpha value is -15.2. The Morgan fingerprint density at radius 1 is 0.477 bits per heavy atom. The van der Waals surface area contributed by atoms with Crippen LogP contribution in [-0.2, 0) is 117 Å². The number of aryl methyl sites for hydroxylation is 1. The van der Waals surface area contributed by atoms with Gasteiger partial charge in [0.2, 0.25) is 100 Å². The zero-order chi connectivity index (χ0) is 110. The number of rotatable bonds is 35. The summed E-state index contributed by atoms with van der Waals surface area (Å²) in [5, 5.41) is 68.3. The number of thioether (sulfide) groups is 1. The molecule has 0 spiro atoms. The Kier molecular flexibility index (Phi) is 49.3. The molecule has 47 nitrogen and oxygen atoms in total. The molecule has 1 aliphatic heterocycles. The molecule has 1 heterocycles. The highest BCUT2D eigenvalue weighted by Crippen LogP contribution is 2.29. The van der Waals surface area contributed by atoms with Crippen molar-refractivity contribution in [2.45, 2.75) is 248 Å². The molecule has 1 saturated carbocycles. The van der Waals surface area contributed by atoms with E-state index in [0.717, 1.165) is 29.7 Å². The fourth-order valence-electron chi connectivity index (χ4n) is 16.6.